The average molecular weight is 391 g/mol. The van der Waals surface area contributed by atoms with E-state index >= 15 is 0 Å². The van der Waals surface area contributed by atoms with Gasteiger partial charge in [0.2, 0.25) is 5.89 Å². The molecule has 6 nitrogen and oxygen atoms in total. The van der Waals surface area contributed by atoms with Gasteiger partial charge in [-0.3, -0.25) is 4.79 Å². The third-order valence-corrected chi connectivity index (χ3v) is 5.13. The Kier molecular flexibility index (Phi) is 5.62. The number of piperazine rings is 1. The second kappa shape index (κ2) is 8.49. The van der Waals surface area contributed by atoms with Gasteiger partial charge in [-0.2, -0.15) is 0 Å². The highest BCUT2D eigenvalue weighted by Crippen LogP contribution is 2.30. The molecule has 4 rings (SSSR count). The van der Waals surface area contributed by atoms with Crippen LogP contribution in [-0.4, -0.2) is 60.5 Å². The van der Waals surface area contributed by atoms with Crippen molar-refractivity contribution in [2.45, 2.75) is 6.92 Å². The zero-order valence-corrected chi connectivity index (χ0v) is 16.8. The van der Waals surface area contributed by atoms with Gasteiger partial charge in [-0.25, -0.2) is 4.98 Å². The van der Waals surface area contributed by atoms with E-state index in [0.717, 1.165) is 37.5 Å². The third-order valence-electron chi connectivity index (χ3n) is 5.13. The SMILES string of the molecule is CCOc1ccc(-c2cnc(-c3ccccc3C(=O)N3CCN(C)CC3)o2)cc1. The molecule has 29 heavy (non-hydrogen) atoms. The number of hydrogen-bond acceptors (Lipinski definition) is 5. The Bertz CT molecular complexity index is 973. The van der Waals surface area contributed by atoms with Gasteiger partial charge >= 0.3 is 0 Å². The Morgan fingerprint density at radius 1 is 1.07 bits per heavy atom. The van der Waals surface area contributed by atoms with Crippen LogP contribution in [-0.2, 0) is 0 Å². The fraction of sp³-hybridized carbons (Fsp3) is 0.304. The van der Waals surface area contributed by atoms with Crippen LogP contribution < -0.4 is 4.74 Å². The molecule has 1 aromatic heterocycles. The number of carbonyl (C=O) groups excluding carboxylic acids is 1. The van der Waals surface area contributed by atoms with Crippen LogP contribution in [0.4, 0.5) is 0 Å². The lowest BCUT2D eigenvalue weighted by molar-refractivity contribution is 0.0664. The smallest absolute Gasteiger partial charge is 0.254 e. The zero-order valence-electron chi connectivity index (χ0n) is 16.8. The first-order valence-corrected chi connectivity index (χ1v) is 9.92. The van der Waals surface area contributed by atoms with Crippen LogP contribution in [0.25, 0.3) is 22.8 Å². The summed E-state index contributed by atoms with van der Waals surface area (Å²) >= 11 is 0. The molecule has 0 saturated carbocycles. The zero-order chi connectivity index (χ0) is 20.2. The maximum Gasteiger partial charge on any atom is 0.254 e. The molecule has 0 bridgehead atoms. The Morgan fingerprint density at radius 3 is 2.52 bits per heavy atom. The highest BCUT2D eigenvalue weighted by atomic mass is 16.5. The first-order chi connectivity index (χ1) is 14.2. The molecular formula is C23H25N3O3. The molecule has 1 saturated heterocycles. The lowest BCUT2D eigenvalue weighted by Gasteiger charge is -2.32. The number of carbonyl (C=O) groups is 1. The molecule has 2 aromatic carbocycles. The van der Waals surface area contributed by atoms with Gasteiger partial charge in [-0.1, -0.05) is 12.1 Å². The number of ether oxygens (including phenoxy) is 1. The van der Waals surface area contributed by atoms with Gasteiger partial charge in [0.1, 0.15) is 5.75 Å². The van der Waals surface area contributed by atoms with Crippen molar-refractivity contribution < 1.29 is 13.9 Å². The largest absolute Gasteiger partial charge is 0.494 e. The van der Waals surface area contributed by atoms with Gasteiger partial charge in [0.15, 0.2) is 5.76 Å². The van der Waals surface area contributed by atoms with Gasteiger partial charge in [0, 0.05) is 37.3 Å². The molecule has 150 valence electrons. The summed E-state index contributed by atoms with van der Waals surface area (Å²) in [7, 11) is 2.07. The number of nitrogens with zero attached hydrogens (tertiary/aromatic N) is 3. The van der Waals surface area contributed by atoms with Crippen molar-refractivity contribution in [2.75, 3.05) is 39.8 Å². The van der Waals surface area contributed by atoms with Crippen LogP contribution in [0, 0.1) is 0 Å². The molecular weight excluding hydrogens is 366 g/mol. The van der Waals surface area contributed by atoms with E-state index in [-0.39, 0.29) is 5.91 Å². The molecule has 1 aliphatic heterocycles. The Labute approximate surface area is 170 Å². The van der Waals surface area contributed by atoms with Gasteiger partial charge in [0.05, 0.1) is 18.4 Å². The van der Waals surface area contributed by atoms with E-state index in [2.05, 4.69) is 16.9 Å². The number of aromatic nitrogens is 1. The highest BCUT2D eigenvalue weighted by Gasteiger charge is 2.24. The number of hydrogen-bond donors (Lipinski definition) is 0. The highest BCUT2D eigenvalue weighted by molar-refractivity contribution is 6.00. The molecule has 0 atom stereocenters. The molecule has 0 N–H and O–H groups in total. The van der Waals surface area contributed by atoms with Crippen molar-refractivity contribution in [1.82, 2.24) is 14.8 Å². The van der Waals surface area contributed by atoms with Crippen molar-refractivity contribution in [1.29, 1.82) is 0 Å². The summed E-state index contributed by atoms with van der Waals surface area (Å²) < 4.78 is 11.5. The molecule has 2 heterocycles. The Hall–Kier alpha value is -3.12. The van der Waals surface area contributed by atoms with Crippen LogP contribution in [0.5, 0.6) is 5.75 Å². The fourth-order valence-electron chi connectivity index (χ4n) is 3.45. The van der Waals surface area contributed by atoms with Crippen LogP contribution in [0.15, 0.2) is 59.1 Å². The summed E-state index contributed by atoms with van der Waals surface area (Å²) in [6.07, 6.45) is 1.70. The minimum atomic E-state index is 0.0227. The summed E-state index contributed by atoms with van der Waals surface area (Å²) in [5.74, 6) is 1.95. The molecule has 0 spiro atoms. The summed E-state index contributed by atoms with van der Waals surface area (Å²) in [6, 6.07) is 15.2. The van der Waals surface area contributed by atoms with Crippen LogP contribution in [0.2, 0.25) is 0 Å². The van der Waals surface area contributed by atoms with E-state index in [0.29, 0.717) is 29.4 Å². The fourth-order valence-corrected chi connectivity index (χ4v) is 3.45. The molecule has 3 aromatic rings. The normalized spacial score (nSPS) is 14.8. The number of amides is 1. The quantitative estimate of drug-likeness (QED) is 0.662. The van der Waals surface area contributed by atoms with Crippen molar-refractivity contribution in [3.8, 4) is 28.5 Å². The van der Waals surface area contributed by atoms with Crippen molar-refractivity contribution in [3.05, 3.63) is 60.3 Å². The van der Waals surface area contributed by atoms with Crippen LogP contribution in [0.3, 0.4) is 0 Å². The molecule has 0 unspecified atom stereocenters. The molecule has 1 amide bonds. The number of benzene rings is 2. The van der Waals surface area contributed by atoms with Crippen molar-refractivity contribution in [3.63, 3.8) is 0 Å². The van der Waals surface area contributed by atoms with Crippen molar-refractivity contribution in [2.24, 2.45) is 0 Å². The van der Waals surface area contributed by atoms with E-state index < -0.39 is 0 Å². The maximum atomic E-state index is 13.1. The second-order valence-corrected chi connectivity index (χ2v) is 7.13. The van der Waals surface area contributed by atoms with Crippen molar-refractivity contribution >= 4 is 5.91 Å². The van der Waals surface area contributed by atoms with Gasteiger partial charge in [-0.15, -0.1) is 0 Å². The topological polar surface area (TPSA) is 58.8 Å². The summed E-state index contributed by atoms with van der Waals surface area (Å²) in [5.41, 5.74) is 2.25. The molecule has 6 heteroatoms. The van der Waals surface area contributed by atoms with Gasteiger partial charge in [-0.05, 0) is 50.4 Å². The molecule has 1 aliphatic rings. The average Bonchev–Trinajstić information content (AvgIpc) is 3.25. The van der Waals surface area contributed by atoms with E-state index in [9.17, 15) is 4.79 Å². The first kappa shape index (κ1) is 19.2. The lowest BCUT2D eigenvalue weighted by Crippen LogP contribution is -2.47. The van der Waals surface area contributed by atoms with Gasteiger partial charge < -0.3 is 19.0 Å². The minimum absolute atomic E-state index is 0.0227. The molecule has 1 fully saturated rings. The third kappa shape index (κ3) is 4.17. The molecule has 0 aliphatic carbocycles. The number of likely N-dealkylation sites (N-methyl/N-ethyl adjacent to an activating group) is 1. The van der Waals surface area contributed by atoms with Crippen LogP contribution in [0.1, 0.15) is 17.3 Å². The van der Waals surface area contributed by atoms with E-state index in [1.807, 2.05) is 60.4 Å². The van der Waals surface area contributed by atoms with Crippen LogP contribution >= 0.6 is 0 Å². The molecule has 0 radical (unpaired) electrons. The lowest BCUT2D eigenvalue weighted by atomic mass is 10.1. The minimum Gasteiger partial charge on any atom is -0.494 e. The second-order valence-electron chi connectivity index (χ2n) is 7.13. The number of rotatable bonds is 5. The summed E-state index contributed by atoms with van der Waals surface area (Å²) in [4.78, 5) is 21.7. The summed E-state index contributed by atoms with van der Waals surface area (Å²) in [5, 5.41) is 0. The number of oxazole rings is 1. The predicted molar refractivity (Wildman–Crippen MR) is 112 cm³/mol. The predicted octanol–water partition coefficient (Wildman–Crippen LogP) is 3.79. The Balaban J connectivity index is 1.59. The van der Waals surface area contributed by atoms with Gasteiger partial charge in [0.25, 0.3) is 5.91 Å². The first-order valence-electron chi connectivity index (χ1n) is 9.92. The van der Waals surface area contributed by atoms with E-state index in [1.54, 1.807) is 6.20 Å². The van der Waals surface area contributed by atoms with E-state index in [4.69, 9.17) is 9.15 Å². The Morgan fingerprint density at radius 2 is 1.79 bits per heavy atom. The monoisotopic (exact) mass is 391 g/mol. The summed E-state index contributed by atoms with van der Waals surface area (Å²) in [6.45, 7) is 5.81. The maximum absolute atomic E-state index is 13.1. The standard InChI is InChI=1S/C23H25N3O3/c1-3-28-18-10-8-17(9-11-18)21-16-24-22(29-21)19-6-4-5-7-20(19)23(27)26-14-12-25(2)13-15-26/h4-11,16H,3,12-15H2,1-2H3. The van der Waals surface area contributed by atoms with E-state index in [1.165, 1.54) is 0 Å².